The Balaban J connectivity index is 1.47. The van der Waals surface area contributed by atoms with Crippen LogP contribution in [0.2, 0.25) is 0 Å². The normalized spacial score (nSPS) is 15.1. The van der Waals surface area contributed by atoms with Crippen molar-refractivity contribution in [3.05, 3.63) is 53.2 Å². The van der Waals surface area contributed by atoms with Crippen LogP contribution in [0.5, 0.6) is 0 Å². The summed E-state index contributed by atoms with van der Waals surface area (Å²) in [6.45, 7) is 1.80. The lowest BCUT2D eigenvalue weighted by Crippen LogP contribution is -2.37. The van der Waals surface area contributed by atoms with Crippen molar-refractivity contribution in [3.8, 4) is 10.4 Å². The van der Waals surface area contributed by atoms with Crippen molar-refractivity contribution in [2.24, 2.45) is 0 Å². The molecule has 1 aliphatic heterocycles. The van der Waals surface area contributed by atoms with Crippen molar-refractivity contribution in [1.82, 2.24) is 10.2 Å². The Bertz CT molecular complexity index is 814. The van der Waals surface area contributed by atoms with Gasteiger partial charge in [-0.3, -0.25) is 9.59 Å². The predicted octanol–water partition coefficient (Wildman–Crippen LogP) is 4.09. The lowest BCUT2D eigenvalue weighted by Gasteiger charge is -2.20. The van der Waals surface area contributed by atoms with E-state index in [2.05, 4.69) is 5.32 Å². The van der Waals surface area contributed by atoms with Gasteiger partial charge in [0.15, 0.2) is 0 Å². The van der Waals surface area contributed by atoms with Gasteiger partial charge in [0.2, 0.25) is 11.8 Å². The maximum absolute atomic E-state index is 13.0. The van der Waals surface area contributed by atoms with E-state index >= 15 is 0 Å². The molecule has 142 valence electrons. The third kappa shape index (κ3) is 5.76. The van der Waals surface area contributed by atoms with Gasteiger partial charge in [-0.1, -0.05) is 18.6 Å². The highest BCUT2D eigenvalue weighted by Crippen LogP contribution is 2.28. The van der Waals surface area contributed by atoms with E-state index in [1.165, 1.54) is 18.2 Å². The molecular formula is C21H23FN2O2S. The molecule has 2 heterocycles. The summed E-state index contributed by atoms with van der Waals surface area (Å²) in [6.07, 6.45) is 6.98. The first-order valence-electron chi connectivity index (χ1n) is 9.21. The van der Waals surface area contributed by atoms with Crippen LogP contribution in [0.15, 0.2) is 42.5 Å². The van der Waals surface area contributed by atoms with Crippen LogP contribution < -0.4 is 5.32 Å². The molecule has 0 saturated carbocycles. The van der Waals surface area contributed by atoms with Crippen molar-refractivity contribution < 1.29 is 14.0 Å². The smallest absolute Gasteiger partial charge is 0.244 e. The second-order valence-corrected chi connectivity index (χ2v) is 7.64. The maximum Gasteiger partial charge on any atom is 0.244 e. The van der Waals surface area contributed by atoms with Gasteiger partial charge >= 0.3 is 0 Å². The standard InChI is InChI=1S/C21H23FN2O2S/c22-17-7-5-16(6-8-17)19-11-9-18(27-19)10-12-20(25)23-13-15-24-14-3-1-2-4-21(24)26/h5-12H,1-4,13-15H2,(H,23,25)/b12-10+. The van der Waals surface area contributed by atoms with Crippen molar-refractivity contribution in [2.75, 3.05) is 19.6 Å². The first kappa shape index (κ1) is 19.3. The summed E-state index contributed by atoms with van der Waals surface area (Å²) in [5, 5.41) is 2.83. The number of nitrogens with zero attached hydrogens (tertiary/aromatic N) is 1. The lowest BCUT2D eigenvalue weighted by atomic mass is 10.2. The molecule has 0 bridgehead atoms. The lowest BCUT2D eigenvalue weighted by molar-refractivity contribution is -0.131. The molecule has 2 amide bonds. The zero-order valence-corrected chi connectivity index (χ0v) is 15.9. The number of rotatable bonds is 6. The fraction of sp³-hybridized carbons (Fsp3) is 0.333. The van der Waals surface area contributed by atoms with E-state index in [1.807, 2.05) is 17.0 Å². The second kappa shape index (κ2) is 9.46. The fourth-order valence-corrected chi connectivity index (χ4v) is 3.93. The highest BCUT2D eigenvalue weighted by molar-refractivity contribution is 7.16. The largest absolute Gasteiger partial charge is 0.351 e. The third-order valence-corrected chi connectivity index (χ3v) is 5.61. The molecule has 3 rings (SSSR count). The molecule has 0 atom stereocenters. The summed E-state index contributed by atoms with van der Waals surface area (Å²) in [4.78, 5) is 27.7. The maximum atomic E-state index is 13.0. The van der Waals surface area contributed by atoms with Crippen LogP contribution >= 0.6 is 11.3 Å². The number of amides is 2. The Kier molecular flexibility index (Phi) is 6.76. The average Bonchev–Trinajstić information content (AvgIpc) is 3.04. The van der Waals surface area contributed by atoms with Gasteiger partial charge in [-0.25, -0.2) is 4.39 Å². The predicted molar refractivity (Wildman–Crippen MR) is 107 cm³/mol. The number of likely N-dealkylation sites (tertiary alicyclic amines) is 1. The number of benzene rings is 1. The molecular weight excluding hydrogens is 363 g/mol. The minimum absolute atomic E-state index is 0.172. The Morgan fingerprint density at radius 2 is 1.96 bits per heavy atom. The molecule has 1 saturated heterocycles. The van der Waals surface area contributed by atoms with Gasteiger partial charge in [-0.15, -0.1) is 11.3 Å². The van der Waals surface area contributed by atoms with Crippen molar-refractivity contribution in [3.63, 3.8) is 0 Å². The van der Waals surface area contributed by atoms with Crippen LogP contribution in [-0.4, -0.2) is 36.3 Å². The van der Waals surface area contributed by atoms with Gasteiger partial charge in [-0.05, 0) is 48.7 Å². The molecule has 1 aliphatic rings. The molecule has 2 aromatic rings. The van der Waals surface area contributed by atoms with Crippen molar-refractivity contribution in [1.29, 1.82) is 0 Å². The Hall–Kier alpha value is -2.47. The SMILES string of the molecule is O=C(/C=C/c1ccc(-c2ccc(F)cc2)s1)NCCN1CCCCCC1=O. The summed E-state index contributed by atoms with van der Waals surface area (Å²) in [5.74, 6) is -0.243. The van der Waals surface area contributed by atoms with Gasteiger partial charge in [0, 0.05) is 41.9 Å². The number of carbonyl (C=O) groups excluding carboxylic acids is 2. The Morgan fingerprint density at radius 3 is 2.78 bits per heavy atom. The average molecular weight is 386 g/mol. The molecule has 0 unspecified atom stereocenters. The van der Waals surface area contributed by atoms with Gasteiger partial charge in [0.25, 0.3) is 0 Å². The Labute approximate surface area is 162 Å². The highest BCUT2D eigenvalue weighted by Gasteiger charge is 2.15. The monoisotopic (exact) mass is 386 g/mol. The first-order valence-corrected chi connectivity index (χ1v) is 10.0. The van der Waals surface area contributed by atoms with E-state index in [4.69, 9.17) is 0 Å². The molecule has 4 nitrogen and oxygen atoms in total. The molecule has 0 aliphatic carbocycles. The van der Waals surface area contributed by atoms with E-state index in [9.17, 15) is 14.0 Å². The molecule has 6 heteroatoms. The van der Waals surface area contributed by atoms with E-state index in [1.54, 1.807) is 29.5 Å². The molecule has 1 aromatic heterocycles. The van der Waals surface area contributed by atoms with Gasteiger partial charge < -0.3 is 10.2 Å². The number of nitrogens with one attached hydrogen (secondary N) is 1. The number of carbonyl (C=O) groups is 2. The van der Waals surface area contributed by atoms with Crippen molar-refractivity contribution in [2.45, 2.75) is 25.7 Å². The van der Waals surface area contributed by atoms with E-state index in [0.717, 1.165) is 41.1 Å². The number of hydrogen-bond donors (Lipinski definition) is 1. The van der Waals surface area contributed by atoms with Crippen LogP contribution in [0.4, 0.5) is 4.39 Å². The van der Waals surface area contributed by atoms with Crippen LogP contribution in [0.1, 0.15) is 30.6 Å². The number of hydrogen-bond acceptors (Lipinski definition) is 3. The van der Waals surface area contributed by atoms with Crippen LogP contribution in [-0.2, 0) is 9.59 Å². The summed E-state index contributed by atoms with van der Waals surface area (Å²) in [7, 11) is 0. The minimum atomic E-state index is -0.256. The molecule has 1 N–H and O–H groups in total. The quantitative estimate of drug-likeness (QED) is 0.761. The van der Waals surface area contributed by atoms with Gasteiger partial charge in [0.05, 0.1) is 0 Å². The zero-order valence-electron chi connectivity index (χ0n) is 15.1. The fourth-order valence-electron chi connectivity index (χ4n) is 3.02. The highest BCUT2D eigenvalue weighted by atomic mass is 32.1. The molecule has 0 spiro atoms. The number of thiophene rings is 1. The molecule has 1 fully saturated rings. The van der Waals surface area contributed by atoms with Crippen LogP contribution in [0.25, 0.3) is 16.5 Å². The molecule has 1 aromatic carbocycles. The summed E-state index contributed by atoms with van der Waals surface area (Å²) >= 11 is 1.54. The van der Waals surface area contributed by atoms with Crippen LogP contribution in [0.3, 0.4) is 0 Å². The first-order chi connectivity index (χ1) is 13.1. The van der Waals surface area contributed by atoms with E-state index in [-0.39, 0.29) is 17.6 Å². The Morgan fingerprint density at radius 1 is 1.15 bits per heavy atom. The second-order valence-electron chi connectivity index (χ2n) is 6.52. The zero-order chi connectivity index (χ0) is 19.1. The molecule has 0 radical (unpaired) electrons. The van der Waals surface area contributed by atoms with Crippen LogP contribution in [0, 0.1) is 5.82 Å². The van der Waals surface area contributed by atoms with E-state index in [0.29, 0.717) is 19.5 Å². The minimum Gasteiger partial charge on any atom is -0.351 e. The summed E-state index contributed by atoms with van der Waals surface area (Å²) < 4.78 is 13.0. The van der Waals surface area contributed by atoms with Crippen molar-refractivity contribution >= 4 is 29.2 Å². The topological polar surface area (TPSA) is 49.4 Å². The van der Waals surface area contributed by atoms with Gasteiger partial charge in [-0.2, -0.15) is 0 Å². The summed E-state index contributed by atoms with van der Waals surface area (Å²) in [6, 6.07) is 10.3. The molecule has 27 heavy (non-hydrogen) atoms. The van der Waals surface area contributed by atoms with Gasteiger partial charge in [0.1, 0.15) is 5.82 Å². The van der Waals surface area contributed by atoms with E-state index < -0.39 is 0 Å². The third-order valence-electron chi connectivity index (χ3n) is 4.51. The number of halogens is 1. The summed E-state index contributed by atoms with van der Waals surface area (Å²) in [5.41, 5.74) is 0.951.